The van der Waals surface area contributed by atoms with Gasteiger partial charge in [-0.15, -0.1) is 11.3 Å². The summed E-state index contributed by atoms with van der Waals surface area (Å²) in [6.07, 6.45) is 4.06. The molecular formula is C24H22N2O4S. The maximum Gasteiger partial charge on any atom is 0.343 e. The number of rotatable bonds is 4. The van der Waals surface area contributed by atoms with Crippen molar-refractivity contribution in [2.24, 2.45) is 0 Å². The third kappa shape index (κ3) is 3.77. The molecule has 1 atom stereocenters. The van der Waals surface area contributed by atoms with Crippen molar-refractivity contribution in [1.29, 1.82) is 0 Å². The molecule has 158 valence electrons. The van der Waals surface area contributed by atoms with Gasteiger partial charge in [0.05, 0.1) is 18.2 Å². The van der Waals surface area contributed by atoms with Crippen molar-refractivity contribution in [3.63, 3.8) is 0 Å². The largest absolute Gasteiger partial charge is 0.497 e. The van der Waals surface area contributed by atoms with Crippen LogP contribution in [0.4, 0.5) is 5.00 Å². The molecule has 0 saturated carbocycles. The van der Waals surface area contributed by atoms with Crippen molar-refractivity contribution in [3.8, 4) is 11.5 Å². The molecule has 1 amide bonds. The Morgan fingerprint density at radius 3 is 2.42 bits per heavy atom. The normalized spacial score (nSPS) is 17.1. The maximum absolute atomic E-state index is 12.8. The number of hydrogen-bond acceptors (Lipinski definition) is 6. The van der Waals surface area contributed by atoms with Crippen LogP contribution in [0, 0.1) is 0 Å². The van der Waals surface area contributed by atoms with Crippen LogP contribution in [-0.4, -0.2) is 19.0 Å². The molecule has 0 saturated heterocycles. The topological polar surface area (TPSA) is 76.7 Å². The quantitative estimate of drug-likeness (QED) is 0.459. The zero-order chi connectivity index (χ0) is 21.4. The second kappa shape index (κ2) is 8.07. The van der Waals surface area contributed by atoms with E-state index >= 15 is 0 Å². The molecule has 0 spiro atoms. The van der Waals surface area contributed by atoms with Crippen molar-refractivity contribution >= 4 is 28.2 Å². The molecule has 31 heavy (non-hydrogen) atoms. The fraction of sp³-hybridized carbons (Fsp3) is 0.250. The first-order valence-electron chi connectivity index (χ1n) is 10.3. The molecule has 2 heterocycles. The van der Waals surface area contributed by atoms with Gasteiger partial charge in [0.1, 0.15) is 22.7 Å². The Morgan fingerprint density at radius 1 is 0.968 bits per heavy atom. The van der Waals surface area contributed by atoms with Gasteiger partial charge in [0.15, 0.2) is 0 Å². The van der Waals surface area contributed by atoms with Crippen LogP contribution >= 0.6 is 11.3 Å². The van der Waals surface area contributed by atoms with E-state index in [4.69, 9.17) is 9.47 Å². The van der Waals surface area contributed by atoms with Gasteiger partial charge in [-0.1, -0.05) is 12.1 Å². The minimum Gasteiger partial charge on any atom is -0.497 e. The lowest BCUT2D eigenvalue weighted by Gasteiger charge is -2.27. The van der Waals surface area contributed by atoms with E-state index in [0.717, 1.165) is 35.4 Å². The number of methoxy groups -OCH3 is 1. The van der Waals surface area contributed by atoms with Crippen LogP contribution in [0.15, 0.2) is 48.5 Å². The Kier molecular flexibility index (Phi) is 5.11. The molecule has 1 aliphatic heterocycles. The highest BCUT2D eigenvalue weighted by atomic mass is 32.1. The molecule has 5 rings (SSSR count). The fourth-order valence-corrected chi connectivity index (χ4v) is 5.38. The lowest BCUT2D eigenvalue weighted by Crippen LogP contribution is -2.38. The highest BCUT2D eigenvalue weighted by molar-refractivity contribution is 7.16. The predicted molar refractivity (Wildman–Crippen MR) is 119 cm³/mol. The van der Waals surface area contributed by atoms with Crippen LogP contribution < -0.4 is 20.1 Å². The molecule has 7 heteroatoms. The summed E-state index contributed by atoms with van der Waals surface area (Å²) in [6, 6.07) is 13.9. The number of anilines is 1. The number of carbonyl (C=O) groups is 2. The highest BCUT2D eigenvalue weighted by Gasteiger charge is 2.31. The standard InChI is InChI=1S/C24H22N2O4S/c1-29-16-10-8-15(9-11-16)24(28)30-17-12-6-14(7-13-17)21-25-22(27)20-18-4-2-3-5-19(18)31-23(20)26-21/h6-13,21,26H,2-5H2,1H3,(H,25,27)/t21-/m1/s1. The van der Waals surface area contributed by atoms with Gasteiger partial charge < -0.3 is 20.1 Å². The van der Waals surface area contributed by atoms with Crippen LogP contribution in [0.25, 0.3) is 0 Å². The number of ether oxygens (including phenoxy) is 2. The van der Waals surface area contributed by atoms with E-state index in [9.17, 15) is 9.59 Å². The first-order valence-corrected chi connectivity index (χ1v) is 11.1. The summed E-state index contributed by atoms with van der Waals surface area (Å²) in [5, 5.41) is 7.48. The van der Waals surface area contributed by atoms with E-state index in [2.05, 4.69) is 10.6 Å². The molecule has 1 aliphatic carbocycles. The second-order valence-corrected chi connectivity index (χ2v) is 8.76. The van der Waals surface area contributed by atoms with Gasteiger partial charge in [0, 0.05) is 4.88 Å². The molecule has 1 aromatic heterocycles. The van der Waals surface area contributed by atoms with Crippen molar-refractivity contribution in [3.05, 3.63) is 75.7 Å². The zero-order valence-electron chi connectivity index (χ0n) is 17.1. The molecule has 0 bridgehead atoms. The minimum atomic E-state index is -0.437. The van der Waals surface area contributed by atoms with Crippen molar-refractivity contribution < 1.29 is 19.1 Å². The third-order valence-electron chi connectivity index (χ3n) is 5.70. The predicted octanol–water partition coefficient (Wildman–Crippen LogP) is 4.71. The van der Waals surface area contributed by atoms with Gasteiger partial charge in [-0.2, -0.15) is 0 Å². The maximum atomic E-state index is 12.8. The van der Waals surface area contributed by atoms with E-state index < -0.39 is 5.97 Å². The van der Waals surface area contributed by atoms with Gasteiger partial charge in [-0.05, 0) is 73.2 Å². The van der Waals surface area contributed by atoms with Crippen molar-refractivity contribution in [1.82, 2.24) is 5.32 Å². The van der Waals surface area contributed by atoms with Crippen LogP contribution in [0.1, 0.15) is 55.7 Å². The summed E-state index contributed by atoms with van der Waals surface area (Å²) in [6.45, 7) is 0. The van der Waals surface area contributed by atoms with Gasteiger partial charge in [-0.25, -0.2) is 4.79 Å². The molecule has 0 unspecified atom stereocenters. The summed E-state index contributed by atoms with van der Waals surface area (Å²) in [5.41, 5.74) is 3.38. The molecule has 2 aliphatic rings. The number of esters is 1. The van der Waals surface area contributed by atoms with Gasteiger partial charge in [-0.3, -0.25) is 4.79 Å². The van der Waals surface area contributed by atoms with Gasteiger partial charge >= 0.3 is 5.97 Å². The molecule has 0 fully saturated rings. The average molecular weight is 435 g/mol. The van der Waals surface area contributed by atoms with Crippen molar-refractivity contribution in [2.75, 3.05) is 12.4 Å². The summed E-state index contributed by atoms with van der Waals surface area (Å²) < 4.78 is 10.6. The Balaban J connectivity index is 1.29. The zero-order valence-corrected chi connectivity index (χ0v) is 17.9. The molecule has 3 aromatic rings. The summed E-state index contributed by atoms with van der Waals surface area (Å²) in [4.78, 5) is 26.5. The molecule has 2 N–H and O–H groups in total. The number of hydrogen-bond donors (Lipinski definition) is 2. The minimum absolute atomic E-state index is 0.0202. The Bertz CT molecular complexity index is 1140. The number of carbonyl (C=O) groups excluding carboxylic acids is 2. The first-order chi connectivity index (χ1) is 15.1. The Labute approximate surface area is 184 Å². The summed E-state index contributed by atoms with van der Waals surface area (Å²) >= 11 is 1.70. The monoisotopic (exact) mass is 434 g/mol. The van der Waals surface area contributed by atoms with Gasteiger partial charge in [0.2, 0.25) is 0 Å². The Morgan fingerprint density at radius 2 is 1.68 bits per heavy atom. The number of thiophene rings is 1. The number of aryl methyl sites for hydroxylation is 1. The number of benzene rings is 2. The first kappa shape index (κ1) is 19.6. The van der Waals surface area contributed by atoms with E-state index in [1.807, 2.05) is 12.1 Å². The lowest BCUT2D eigenvalue weighted by atomic mass is 9.94. The van der Waals surface area contributed by atoms with Crippen LogP contribution in [0.3, 0.4) is 0 Å². The number of fused-ring (bicyclic) bond motifs is 3. The highest BCUT2D eigenvalue weighted by Crippen LogP contribution is 2.41. The summed E-state index contributed by atoms with van der Waals surface area (Å²) in [7, 11) is 1.58. The van der Waals surface area contributed by atoms with E-state index in [0.29, 0.717) is 17.1 Å². The molecule has 6 nitrogen and oxygen atoms in total. The Hall–Kier alpha value is -3.32. The average Bonchev–Trinajstić information content (AvgIpc) is 3.18. The van der Waals surface area contributed by atoms with E-state index in [1.54, 1.807) is 54.8 Å². The second-order valence-electron chi connectivity index (χ2n) is 7.65. The number of amides is 1. The van der Waals surface area contributed by atoms with Crippen LogP contribution in [-0.2, 0) is 12.8 Å². The SMILES string of the molecule is COc1ccc(C(=O)Oc2ccc([C@@H]3NC(=O)c4c(sc5c4CCCC5)N3)cc2)cc1. The lowest BCUT2D eigenvalue weighted by molar-refractivity contribution is 0.0734. The van der Waals surface area contributed by atoms with E-state index in [-0.39, 0.29) is 12.1 Å². The van der Waals surface area contributed by atoms with Crippen LogP contribution in [0.5, 0.6) is 11.5 Å². The third-order valence-corrected chi connectivity index (χ3v) is 6.92. The van der Waals surface area contributed by atoms with Gasteiger partial charge in [0.25, 0.3) is 5.91 Å². The van der Waals surface area contributed by atoms with Crippen LogP contribution in [0.2, 0.25) is 0 Å². The molecule has 2 aromatic carbocycles. The fourth-order valence-electron chi connectivity index (χ4n) is 4.07. The van der Waals surface area contributed by atoms with E-state index in [1.165, 1.54) is 16.9 Å². The number of nitrogens with one attached hydrogen (secondary N) is 2. The van der Waals surface area contributed by atoms with Crippen molar-refractivity contribution in [2.45, 2.75) is 31.8 Å². The molecule has 0 radical (unpaired) electrons. The molecular weight excluding hydrogens is 412 g/mol. The summed E-state index contributed by atoms with van der Waals surface area (Å²) in [5.74, 6) is 0.665. The smallest absolute Gasteiger partial charge is 0.343 e.